The predicted molar refractivity (Wildman–Crippen MR) is 524 cm³/mol. The van der Waals surface area contributed by atoms with Crippen LogP contribution in [0.1, 0.15) is 211 Å². The molecule has 0 spiro atoms. The first kappa shape index (κ1) is 123. The van der Waals surface area contributed by atoms with E-state index in [2.05, 4.69) is 17.6 Å². The molecule has 4 aromatic carbocycles. The average molecular weight is 2240 g/mol. The second kappa shape index (κ2) is 54.0. The van der Waals surface area contributed by atoms with Gasteiger partial charge in [0.1, 0.15) is 35.6 Å². The van der Waals surface area contributed by atoms with Gasteiger partial charge in [-0.3, -0.25) is 49.6 Å². The number of hydroxylamine groups is 5. The van der Waals surface area contributed by atoms with Crippen molar-refractivity contribution >= 4 is 98.3 Å². The quantitative estimate of drug-likeness (QED) is 0.0105. The Labute approximate surface area is 868 Å². The van der Waals surface area contributed by atoms with Crippen molar-refractivity contribution in [3.05, 3.63) is 125 Å². The van der Waals surface area contributed by atoms with Crippen molar-refractivity contribution in [2.45, 2.75) is 275 Å². The lowest BCUT2D eigenvalue weighted by atomic mass is 9.40. The fourth-order valence-corrected chi connectivity index (χ4v) is 31.4. The fraction of sp³-hybridized carbons (Fsp3) is 0.674. The summed E-state index contributed by atoms with van der Waals surface area (Å²) in [6, 6.07) is 23.1. The summed E-state index contributed by atoms with van der Waals surface area (Å²) < 4.78 is 285. The van der Waals surface area contributed by atoms with Crippen LogP contribution in [0.4, 0.5) is 49.1 Å². The lowest BCUT2D eigenvalue weighted by Gasteiger charge is -2.42. The molecule has 9 saturated heterocycles. The van der Waals surface area contributed by atoms with Crippen LogP contribution < -0.4 is 41.6 Å². The van der Waals surface area contributed by atoms with Crippen molar-refractivity contribution in [3.8, 4) is 17.2 Å². The standard InChI is InChI=1S/C26H36BF3N2O8S.C21H28F3N3O7S.C19H28N2O4S.C16H21F3N2O5S.C13H24N2O5S/c1-2-37-24(34)27-14-12-25(13-15-27,23(33)31-40-22-5-3-4-18-38-22)41(35,36)32-16-10-21(11-17-32)39-20-8-6-19(7-9-20)26(28,29)30;1-2-33-19(29)26-13-9-20(10-14-26,18(28)25-30)35(31,32)27-11-7-17(8-12-27)34-16-5-3-15(4-6-16)21(22,23)24;22-18(20-23)19(11-5-2-6-12-19)26(24,25)21-13-9-17(10-14-21)15-16-7-3-1-4-8-16;1-2-14(15(22)20-23)27(24,25)21-9-7-13(8-10-21)26-12-5-3-11(4-6-12)16(17,18)19;1-10-7-11(2)9-15(8-10)21(18,19)13(12(16)14-17)3-5-20-6-4-13/h6-9,21-22H,2-5,10-18H2,1H3,(H,31,33);3-6,17,30H,2,7-14H2,1H3,(H,25,28);1,3-4,7-8,17,23H,2,5-6,9-15H2,(H,20,22);3-6,13-14,23H,2,7-10H2,1H3,(H,20,22);10-11,17H,3-9H2,1-2H3,(H,14,16). The van der Waals surface area contributed by atoms with Gasteiger partial charge >= 0.3 is 24.6 Å². The largest absolute Gasteiger partial charge is 0.490 e. The van der Waals surface area contributed by atoms with Crippen LogP contribution in [0.2, 0.25) is 12.6 Å². The highest BCUT2D eigenvalue weighted by atomic mass is 32.2. The highest BCUT2D eigenvalue weighted by Crippen LogP contribution is 2.45. The molecule has 6 amide bonds. The van der Waals surface area contributed by atoms with Crippen LogP contribution in [-0.2, 0) is 123 Å². The van der Waals surface area contributed by atoms with E-state index in [0.717, 1.165) is 85.6 Å². The molecule has 55 heteroatoms. The van der Waals surface area contributed by atoms with E-state index in [-0.39, 0.29) is 210 Å². The maximum Gasteiger partial charge on any atom is 0.416 e. The Morgan fingerprint density at radius 3 is 1.18 bits per heavy atom. The molecule has 4 atom stereocenters. The molecule has 1 aliphatic carbocycles. The second-order valence-electron chi connectivity index (χ2n) is 39.0. The number of amides is 6. The molecular formula is C95H137BF9N11O29S5. The van der Waals surface area contributed by atoms with Gasteiger partial charge in [0.05, 0.1) is 29.9 Å². The number of carbonyl (C=O) groups excluding carboxylic acids is 7. The molecule has 40 nitrogen and oxygen atoms in total. The highest BCUT2D eigenvalue weighted by Gasteiger charge is 2.61. The van der Waals surface area contributed by atoms with Crippen LogP contribution in [-0.4, -0.2) is 298 Å². The third-order valence-corrected chi connectivity index (χ3v) is 41.9. The molecule has 10 aliphatic rings. The van der Waals surface area contributed by atoms with Crippen LogP contribution in [0.5, 0.6) is 17.2 Å². The predicted octanol–water partition coefficient (Wildman–Crippen LogP) is 11.6. The van der Waals surface area contributed by atoms with Gasteiger partial charge in [-0.2, -0.15) is 39.5 Å². The summed E-state index contributed by atoms with van der Waals surface area (Å²) in [7, 11) is -20.0. The van der Waals surface area contributed by atoms with Crippen LogP contribution in [0.3, 0.4) is 0 Å². The second-order valence-corrected chi connectivity index (χ2v) is 50.1. The summed E-state index contributed by atoms with van der Waals surface area (Å²) in [4.78, 5) is 93.2. The van der Waals surface area contributed by atoms with Crippen LogP contribution in [0, 0.1) is 17.8 Å². The number of carbonyl (C=O) groups is 7. The molecular weight excluding hydrogens is 2100 g/mol. The van der Waals surface area contributed by atoms with Crippen LogP contribution in [0.25, 0.3) is 0 Å². The van der Waals surface area contributed by atoms with E-state index < -0.39 is 176 Å². The zero-order valence-corrected chi connectivity index (χ0v) is 88.3. The number of piperidine rings is 6. The summed E-state index contributed by atoms with van der Waals surface area (Å²) in [5.74, 6) is -3.13. The van der Waals surface area contributed by atoms with Crippen molar-refractivity contribution in [2.24, 2.45) is 17.8 Å². The maximum absolute atomic E-state index is 14.1. The summed E-state index contributed by atoms with van der Waals surface area (Å²) in [6.07, 6.45) is -5.45. The minimum Gasteiger partial charge on any atom is -0.490 e. The van der Waals surface area contributed by atoms with E-state index in [4.69, 9.17) is 53.6 Å². The molecule has 150 heavy (non-hydrogen) atoms. The molecule has 0 radical (unpaired) electrons. The van der Waals surface area contributed by atoms with Gasteiger partial charge < -0.3 is 38.1 Å². The Kier molecular flexibility index (Phi) is 44.2. The third kappa shape index (κ3) is 30.2. The number of nitrogens with one attached hydrogen (secondary N) is 5. The molecule has 4 aromatic rings. The zero-order valence-electron chi connectivity index (χ0n) is 84.2. The van der Waals surface area contributed by atoms with Gasteiger partial charge in [0, 0.05) is 118 Å². The highest BCUT2D eigenvalue weighted by molar-refractivity contribution is 7.92. The lowest BCUT2D eigenvalue weighted by molar-refractivity contribution is -0.201. The topological polar surface area (TPSA) is 525 Å². The van der Waals surface area contributed by atoms with Crippen LogP contribution >= 0.6 is 0 Å². The number of likely N-dealkylation sites (tertiary alicyclic amines) is 1. The van der Waals surface area contributed by atoms with Gasteiger partial charge in [0.15, 0.2) is 30.5 Å². The number of halogens is 9. The van der Waals surface area contributed by atoms with Crippen LogP contribution in [0.15, 0.2) is 103 Å². The number of sulfonamides is 5. The number of hydrogen-bond acceptors (Lipinski definition) is 29. The zero-order chi connectivity index (χ0) is 110. The Bertz CT molecular complexity index is 5660. The van der Waals surface area contributed by atoms with Gasteiger partial charge in [-0.05, 0) is 232 Å². The van der Waals surface area contributed by atoms with Crippen molar-refractivity contribution < 1.29 is 174 Å². The van der Waals surface area contributed by atoms with Gasteiger partial charge in [0.25, 0.3) is 42.1 Å². The molecule has 0 bridgehead atoms. The van der Waals surface area contributed by atoms with Crippen molar-refractivity contribution in [2.75, 3.05) is 112 Å². The molecule has 9 aliphatic heterocycles. The normalized spacial score (nSPS) is 22.2. The molecule has 1 saturated carbocycles. The number of alkyl halides is 9. The smallest absolute Gasteiger partial charge is 0.416 e. The third-order valence-electron chi connectivity index (χ3n) is 29.1. The van der Waals surface area contributed by atoms with E-state index in [1.165, 1.54) is 82.0 Å². The number of rotatable bonds is 29. The minimum absolute atomic E-state index is 0.0106. The molecule has 0 aromatic heterocycles. The first-order chi connectivity index (χ1) is 70.8. The SMILES string of the molecule is CC1CC(C)CN(S(=O)(=O)C2(C(=O)NO)CCOCC2)C1.CCC(C(=O)NO)S(=O)(=O)N1CCC(Oc2ccc(C(F)(F)F)cc2)CC1.CCOC(=O)B1CCC(C(=O)NOC2CCCCO2)(S(=O)(=O)N2CCC(Oc3ccc(C(F)(F)F)cc3)CC2)CC1.CCOC(=O)N1CCC(C(=O)NO)(S(=O)(=O)N2CCC(Oc3ccc(C(F)(F)F)cc3)CC2)CC1.O=C(NO)C1(S(=O)(=O)N2CCC(Cc3ccccc3)CC2)CCCCC1. The van der Waals surface area contributed by atoms with Gasteiger partial charge in [0.2, 0.25) is 50.1 Å². The Morgan fingerprint density at radius 2 is 0.807 bits per heavy atom. The monoisotopic (exact) mass is 2240 g/mol. The van der Waals surface area contributed by atoms with Gasteiger partial charge in [-0.25, -0.2) is 101 Å². The molecule has 9 heterocycles. The Balaban J connectivity index is 0.000000195. The van der Waals surface area contributed by atoms with E-state index >= 15 is 0 Å². The summed E-state index contributed by atoms with van der Waals surface area (Å²) >= 11 is 0. The van der Waals surface area contributed by atoms with Crippen molar-refractivity contribution in [3.63, 3.8) is 0 Å². The van der Waals surface area contributed by atoms with Crippen molar-refractivity contribution in [1.82, 2.24) is 53.8 Å². The Hall–Kier alpha value is -8.93. The number of nitrogens with zero attached hydrogens (tertiary/aromatic N) is 6. The number of benzene rings is 4. The van der Waals surface area contributed by atoms with E-state index in [1.807, 2.05) is 32.0 Å². The van der Waals surface area contributed by atoms with Gasteiger partial charge in [-0.1, -0.05) is 83.0 Å². The van der Waals surface area contributed by atoms with E-state index in [1.54, 1.807) is 24.8 Å². The Morgan fingerprint density at radius 1 is 0.427 bits per heavy atom. The minimum atomic E-state index is -4.46. The molecule has 4 unspecified atom stereocenters. The summed E-state index contributed by atoms with van der Waals surface area (Å²) in [5.41, 5.74) is 7.25. The molecule has 14 rings (SSSR count). The first-order valence-corrected chi connectivity index (χ1v) is 57.6. The first-order valence-electron chi connectivity index (χ1n) is 50.4. The van der Waals surface area contributed by atoms with Gasteiger partial charge in [-0.15, -0.1) is 0 Å². The number of ether oxygens (including phenoxy) is 7. The summed E-state index contributed by atoms with van der Waals surface area (Å²) in [5, 5.41) is 34.7. The average Bonchev–Trinajstić information content (AvgIpc) is 0.740. The molecule has 9 N–H and O–H groups in total. The van der Waals surface area contributed by atoms with E-state index in [9.17, 15) is 120 Å². The molecule has 842 valence electrons. The summed E-state index contributed by atoms with van der Waals surface area (Å²) in [6.45, 7) is 11.7. The number of hydrogen-bond donors (Lipinski definition) is 9. The molecule has 10 fully saturated rings. The van der Waals surface area contributed by atoms with Crippen molar-refractivity contribution in [1.29, 1.82) is 0 Å². The fourth-order valence-electron chi connectivity index (χ4n) is 20.6. The van der Waals surface area contributed by atoms with E-state index in [0.29, 0.717) is 70.8 Å². The maximum atomic E-state index is 14.1. The lowest BCUT2D eigenvalue weighted by Crippen LogP contribution is -2.62.